The summed E-state index contributed by atoms with van der Waals surface area (Å²) in [6.07, 6.45) is 1.12. The quantitative estimate of drug-likeness (QED) is 0.841. The van der Waals surface area contributed by atoms with E-state index in [2.05, 4.69) is 12.2 Å². The molecule has 1 aromatic rings. The number of hydrogen-bond donors (Lipinski definition) is 1. The molecule has 24 heavy (non-hydrogen) atoms. The summed E-state index contributed by atoms with van der Waals surface area (Å²) >= 11 is 0. The van der Waals surface area contributed by atoms with E-state index in [-0.39, 0.29) is 24.4 Å². The van der Waals surface area contributed by atoms with E-state index in [0.29, 0.717) is 30.1 Å². The number of nitrogens with one attached hydrogen (secondary N) is 1. The number of amides is 1. The lowest BCUT2D eigenvalue weighted by molar-refractivity contribution is -0.133. The van der Waals surface area contributed by atoms with E-state index in [0.717, 1.165) is 25.2 Å². The molecule has 1 aliphatic rings. The lowest BCUT2D eigenvalue weighted by Gasteiger charge is -2.34. The first-order chi connectivity index (χ1) is 11.1. The van der Waals surface area contributed by atoms with Gasteiger partial charge in [-0.25, -0.2) is 0 Å². The molecule has 0 spiro atoms. The van der Waals surface area contributed by atoms with Crippen molar-refractivity contribution in [3.05, 3.63) is 17.7 Å². The predicted molar refractivity (Wildman–Crippen MR) is 95.7 cm³/mol. The maximum atomic E-state index is 12.4. The fraction of sp³-hybridized carbons (Fsp3) is 0.588. The molecule has 0 radical (unpaired) electrons. The van der Waals surface area contributed by atoms with Crippen molar-refractivity contribution in [3.8, 4) is 17.2 Å². The van der Waals surface area contributed by atoms with Crippen LogP contribution in [0.15, 0.2) is 12.1 Å². The summed E-state index contributed by atoms with van der Waals surface area (Å²) in [4.78, 5) is 14.4. The van der Waals surface area contributed by atoms with Crippen LogP contribution in [0.5, 0.6) is 17.2 Å². The van der Waals surface area contributed by atoms with Crippen LogP contribution < -0.4 is 19.5 Å². The molecule has 0 saturated carbocycles. The molecule has 136 valence electrons. The standard InChI is InChI=1S/C17H26N2O4.ClH/c1-12-11-18-7-8-19(12)16(20)6-5-13-9-14(21-2)17(23-4)15(10-13)22-3;/h9-10,12,18H,5-8,11H2,1-4H3;1H. The van der Waals surface area contributed by atoms with Gasteiger partial charge in [-0.1, -0.05) is 0 Å². The third kappa shape index (κ3) is 4.68. The summed E-state index contributed by atoms with van der Waals surface area (Å²) in [5, 5.41) is 3.30. The molecule has 1 saturated heterocycles. The largest absolute Gasteiger partial charge is 0.493 e. The SMILES string of the molecule is COc1cc(CCC(=O)N2CCNCC2C)cc(OC)c1OC.Cl. The lowest BCUT2D eigenvalue weighted by atomic mass is 10.1. The Balaban J connectivity index is 0.00000288. The number of carbonyl (C=O) groups is 1. The van der Waals surface area contributed by atoms with Crippen LogP contribution in [0.25, 0.3) is 0 Å². The Bertz CT molecular complexity index is 528. The number of methoxy groups -OCH3 is 3. The van der Waals surface area contributed by atoms with Gasteiger partial charge in [0.05, 0.1) is 21.3 Å². The second-order valence-electron chi connectivity index (χ2n) is 5.67. The minimum Gasteiger partial charge on any atom is -0.493 e. The average Bonchev–Trinajstić information content (AvgIpc) is 2.58. The first kappa shape index (κ1) is 20.4. The Morgan fingerprint density at radius 3 is 2.33 bits per heavy atom. The van der Waals surface area contributed by atoms with Crippen molar-refractivity contribution in [2.75, 3.05) is 41.0 Å². The van der Waals surface area contributed by atoms with E-state index in [9.17, 15) is 4.79 Å². The van der Waals surface area contributed by atoms with E-state index in [1.807, 2.05) is 17.0 Å². The van der Waals surface area contributed by atoms with Crippen LogP contribution in [0.3, 0.4) is 0 Å². The van der Waals surface area contributed by atoms with Crippen LogP contribution in [-0.2, 0) is 11.2 Å². The van der Waals surface area contributed by atoms with Crippen molar-refractivity contribution < 1.29 is 19.0 Å². The first-order valence-electron chi connectivity index (χ1n) is 7.89. The van der Waals surface area contributed by atoms with Crippen LogP contribution in [0.1, 0.15) is 18.9 Å². The molecule has 1 fully saturated rings. The third-order valence-electron chi connectivity index (χ3n) is 4.17. The van der Waals surface area contributed by atoms with Crippen molar-refractivity contribution >= 4 is 18.3 Å². The van der Waals surface area contributed by atoms with Gasteiger partial charge in [-0.3, -0.25) is 4.79 Å². The second-order valence-corrected chi connectivity index (χ2v) is 5.67. The number of halogens is 1. The summed E-state index contributed by atoms with van der Waals surface area (Å²) in [6.45, 7) is 4.56. The highest BCUT2D eigenvalue weighted by Crippen LogP contribution is 2.38. The smallest absolute Gasteiger partial charge is 0.223 e. The topological polar surface area (TPSA) is 60.0 Å². The predicted octanol–water partition coefficient (Wildman–Crippen LogP) is 1.89. The van der Waals surface area contributed by atoms with Crippen LogP contribution >= 0.6 is 12.4 Å². The summed E-state index contributed by atoms with van der Waals surface area (Å²) in [5.41, 5.74) is 0.996. The van der Waals surface area contributed by atoms with Gasteiger partial charge in [-0.15, -0.1) is 12.4 Å². The molecule has 1 atom stereocenters. The number of hydrogen-bond acceptors (Lipinski definition) is 5. The summed E-state index contributed by atoms with van der Waals surface area (Å²) in [7, 11) is 4.76. The number of ether oxygens (including phenoxy) is 3. The Labute approximate surface area is 149 Å². The monoisotopic (exact) mass is 358 g/mol. The van der Waals surface area contributed by atoms with Gasteiger partial charge in [0.25, 0.3) is 0 Å². The average molecular weight is 359 g/mol. The lowest BCUT2D eigenvalue weighted by Crippen LogP contribution is -2.52. The van der Waals surface area contributed by atoms with E-state index in [1.54, 1.807) is 21.3 Å². The Morgan fingerprint density at radius 1 is 1.21 bits per heavy atom. The van der Waals surface area contributed by atoms with E-state index in [1.165, 1.54) is 0 Å². The van der Waals surface area contributed by atoms with Crippen molar-refractivity contribution in [1.82, 2.24) is 10.2 Å². The fourth-order valence-corrected chi connectivity index (χ4v) is 2.89. The van der Waals surface area contributed by atoms with Gasteiger partial charge in [0.1, 0.15) is 0 Å². The van der Waals surface area contributed by atoms with Gasteiger partial charge < -0.3 is 24.4 Å². The van der Waals surface area contributed by atoms with Gasteiger partial charge >= 0.3 is 0 Å². The third-order valence-corrected chi connectivity index (χ3v) is 4.17. The molecular weight excluding hydrogens is 332 g/mol. The maximum Gasteiger partial charge on any atom is 0.223 e. The molecule has 0 aromatic heterocycles. The summed E-state index contributed by atoms with van der Waals surface area (Å²) in [6, 6.07) is 4.04. The van der Waals surface area contributed by atoms with E-state index < -0.39 is 0 Å². The molecule has 1 N–H and O–H groups in total. The first-order valence-corrected chi connectivity index (χ1v) is 7.89. The molecular formula is C17H27ClN2O4. The van der Waals surface area contributed by atoms with Gasteiger partial charge in [0.2, 0.25) is 11.7 Å². The van der Waals surface area contributed by atoms with E-state index >= 15 is 0 Å². The zero-order chi connectivity index (χ0) is 16.8. The van der Waals surface area contributed by atoms with Gasteiger partial charge in [-0.05, 0) is 31.0 Å². The Hall–Kier alpha value is -1.66. The molecule has 0 aliphatic carbocycles. The Kier molecular flexibility index (Phi) is 8.15. The second kappa shape index (κ2) is 9.59. The van der Waals surface area contributed by atoms with Crippen molar-refractivity contribution in [3.63, 3.8) is 0 Å². The molecule has 1 aliphatic heterocycles. The van der Waals surface area contributed by atoms with Crippen LogP contribution in [0.4, 0.5) is 0 Å². The molecule has 6 nitrogen and oxygen atoms in total. The van der Waals surface area contributed by atoms with Crippen molar-refractivity contribution in [2.45, 2.75) is 25.8 Å². The molecule has 1 heterocycles. The molecule has 1 aromatic carbocycles. The number of carbonyl (C=O) groups excluding carboxylic acids is 1. The highest BCUT2D eigenvalue weighted by Gasteiger charge is 2.22. The zero-order valence-electron chi connectivity index (χ0n) is 14.8. The molecule has 7 heteroatoms. The zero-order valence-corrected chi connectivity index (χ0v) is 15.6. The van der Waals surface area contributed by atoms with Crippen LogP contribution in [0.2, 0.25) is 0 Å². The van der Waals surface area contributed by atoms with E-state index in [4.69, 9.17) is 14.2 Å². The molecule has 2 rings (SSSR count). The molecule has 1 amide bonds. The minimum absolute atomic E-state index is 0. The summed E-state index contributed by atoms with van der Waals surface area (Å²) < 4.78 is 16.0. The van der Waals surface area contributed by atoms with Gasteiger partial charge in [0, 0.05) is 32.1 Å². The molecule has 0 bridgehead atoms. The maximum absolute atomic E-state index is 12.4. The minimum atomic E-state index is 0. The highest BCUT2D eigenvalue weighted by molar-refractivity contribution is 5.85. The van der Waals surface area contributed by atoms with Crippen LogP contribution in [-0.4, -0.2) is 57.8 Å². The number of nitrogens with zero attached hydrogens (tertiary/aromatic N) is 1. The van der Waals surface area contributed by atoms with Crippen molar-refractivity contribution in [2.24, 2.45) is 0 Å². The fourth-order valence-electron chi connectivity index (χ4n) is 2.89. The molecule has 1 unspecified atom stereocenters. The Morgan fingerprint density at radius 2 is 1.83 bits per heavy atom. The van der Waals surface area contributed by atoms with Gasteiger partial charge in [-0.2, -0.15) is 0 Å². The summed E-state index contributed by atoms with van der Waals surface area (Å²) in [5.74, 6) is 1.99. The number of rotatable bonds is 6. The van der Waals surface area contributed by atoms with Gasteiger partial charge in [0.15, 0.2) is 11.5 Å². The van der Waals surface area contributed by atoms with Crippen LogP contribution in [0, 0.1) is 0 Å². The highest BCUT2D eigenvalue weighted by atomic mass is 35.5. The van der Waals surface area contributed by atoms with Crippen molar-refractivity contribution in [1.29, 1.82) is 0 Å². The number of aryl methyl sites for hydroxylation is 1. The number of piperazine rings is 1. The normalized spacial score (nSPS) is 17.0. The number of benzene rings is 1.